The van der Waals surface area contributed by atoms with Crippen LogP contribution in [0.3, 0.4) is 0 Å². The molecule has 2 heterocycles. The number of H-pyrrole nitrogens is 1. The molecule has 0 bridgehead atoms. The average molecular weight is 237 g/mol. The largest absolute Gasteiger partial charge is 0.449 e. The van der Waals surface area contributed by atoms with Crippen molar-refractivity contribution in [3.8, 4) is 6.07 Å². The van der Waals surface area contributed by atoms with Gasteiger partial charge in [-0.15, -0.1) is 0 Å². The molecule has 0 aliphatic carbocycles. The van der Waals surface area contributed by atoms with Crippen LogP contribution in [0.2, 0.25) is 0 Å². The summed E-state index contributed by atoms with van der Waals surface area (Å²) >= 11 is 0. The molecule has 0 radical (unpaired) electrons. The van der Waals surface area contributed by atoms with Crippen LogP contribution < -0.4 is 5.32 Å². The molecule has 0 amide bonds. The first-order valence-electron chi connectivity index (χ1n) is 5.65. The molecule has 2 aromatic heterocycles. The standard InChI is InChI=1S/C14H11N3O/c15-8-12-2-3-13(18-12)9-17-11-1-4-14-10(7-11)5-6-16-14/h1-7,16-17H,9H2. The number of aromatic amines is 1. The van der Waals surface area contributed by atoms with Crippen LogP contribution in [0.5, 0.6) is 0 Å². The summed E-state index contributed by atoms with van der Waals surface area (Å²) in [5, 5.41) is 13.1. The first-order chi connectivity index (χ1) is 8.85. The van der Waals surface area contributed by atoms with Gasteiger partial charge >= 0.3 is 0 Å². The summed E-state index contributed by atoms with van der Waals surface area (Å²) in [4.78, 5) is 3.15. The number of benzene rings is 1. The van der Waals surface area contributed by atoms with Crippen LogP contribution in [-0.2, 0) is 6.54 Å². The van der Waals surface area contributed by atoms with E-state index in [1.807, 2.05) is 30.5 Å². The Kier molecular flexibility index (Phi) is 2.50. The maximum Gasteiger partial charge on any atom is 0.203 e. The fraction of sp³-hybridized carbons (Fsp3) is 0.0714. The zero-order valence-corrected chi connectivity index (χ0v) is 9.60. The van der Waals surface area contributed by atoms with Crippen LogP contribution in [0.15, 0.2) is 47.0 Å². The van der Waals surface area contributed by atoms with Crippen molar-refractivity contribution in [1.29, 1.82) is 5.26 Å². The summed E-state index contributed by atoms with van der Waals surface area (Å²) in [6.45, 7) is 0.567. The van der Waals surface area contributed by atoms with Crippen molar-refractivity contribution in [2.24, 2.45) is 0 Å². The minimum atomic E-state index is 0.341. The Morgan fingerprint density at radius 3 is 3.00 bits per heavy atom. The number of hydrogen-bond donors (Lipinski definition) is 2. The van der Waals surface area contributed by atoms with Crippen molar-refractivity contribution < 1.29 is 4.42 Å². The van der Waals surface area contributed by atoms with E-state index in [0.29, 0.717) is 12.3 Å². The number of furan rings is 1. The maximum atomic E-state index is 8.66. The molecule has 4 nitrogen and oxygen atoms in total. The summed E-state index contributed by atoms with van der Waals surface area (Å²) < 4.78 is 5.30. The molecule has 0 saturated heterocycles. The Balaban J connectivity index is 1.74. The third-order valence-electron chi connectivity index (χ3n) is 2.79. The van der Waals surface area contributed by atoms with E-state index in [2.05, 4.69) is 16.4 Å². The second kappa shape index (κ2) is 4.30. The zero-order valence-electron chi connectivity index (χ0n) is 9.60. The van der Waals surface area contributed by atoms with E-state index in [0.717, 1.165) is 22.4 Å². The Morgan fingerprint density at radius 2 is 2.17 bits per heavy atom. The molecule has 3 aromatic rings. The molecule has 0 spiro atoms. The van der Waals surface area contributed by atoms with E-state index in [9.17, 15) is 0 Å². The minimum Gasteiger partial charge on any atom is -0.449 e. The maximum absolute atomic E-state index is 8.66. The number of anilines is 1. The van der Waals surface area contributed by atoms with Gasteiger partial charge in [0.05, 0.1) is 6.54 Å². The quantitative estimate of drug-likeness (QED) is 0.734. The van der Waals surface area contributed by atoms with Crippen LogP contribution in [0.1, 0.15) is 11.5 Å². The van der Waals surface area contributed by atoms with Gasteiger partial charge in [-0.1, -0.05) is 0 Å². The highest BCUT2D eigenvalue weighted by atomic mass is 16.3. The summed E-state index contributed by atoms with van der Waals surface area (Å²) in [6.07, 6.45) is 1.92. The summed E-state index contributed by atoms with van der Waals surface area (Å²) in [7, 11) is 0. The molecule has 2 N–H and O–H groups in total. The van der Waals surface area contributed by atoms with Crippen molar-refractivity contribution in [2.45, 2.75) is 6.54 Å². The first-order valence-corrected chi connectivity index (χ1v) is 5.65. The predicted molar refractivity (Wildman–Crippen MR) is 69.0 cm³/mol. The van der Waals surface area contributed by atoms with Gasteiger partial charge < -0.3 is 14.7 Å². The molecular weight excluding hydrogens is 226 g/mol. The number of rotatable bonds is 3. The topological polar surface area (TPSA) is 64.8 Å². The lowest BCUT2D eigenvalue weighted by Gasteiger charge is -2.04. The molecule has 0 aliphatic heterocycles. The van der Waals surface area contributed by atoms with Crippen molar-refractivity contribution in [3.63, 3.8) is 0 Å². The van der Waals surface area contributed by atoms with Gasteiger partial charge in [0.1, 0.15) is 11.8 Å². The Hall–Kier alpha value is -2.67. The lowest BCUT2D eigenvalue weighted by Crippen LogP contribution is -1.97. The zero-order chi connectivity index (χ0) is 12.4. The lowest BCUT2D eigenvalue weighted by atomic mass is 10.2. The van der Waals surface area contributed by atoms with E-state index in [1.54, 1.807) is 12.1 Å². The van der Waals surface area contributed by atoms with E-state index < -0.39 is 0 Å². The summed E-state index contributed by atoms with van der Waals surface area (Å²) in [5.41, 5.74) is 2.14. The molecule has 0 fully saturated rings. The normalized spacial score (nSPS) is 10.4. The SMILES string of the molecule is N#Cc1ccc(CNc2ccc3[nH]ccc3c2)o1. The van der Waals surface area contributed by atoms with Crippen molar-refractivity contribution in [2.75, 3.05) is 5.32 Å². The van der Waals surface area contributed by atoms with Gasteiger partial charge in [-0.2, -0.15) is 5.26 Å². The lowest BCUT2D eigenvalue weighted by molar-refractivity contribution is 0.506. The Bertz CT molecular complexity index is 718. The average Bonchev–Trinajstić information content (AvgIpc) is 3.04. The van der Waals surface area contributed by atoms with E-state index in [4.69, 9.17) is 9.68 Å². The number of nitriles is 1. The number of aromatic nitrogens is 1. The summed E-state index contributed by atoms with van der Waals surface area (Å²) in [5.74, 6) is 1.09. The first kappa shape index (κ1) is 10.5. The van der Waals surface area contributed by atoms with Crippen LogP contribution >= 0.6 is 0 Å². The molecule has 18 heavy (non-hydrogen) atoms. The molecule has 3 rings (SSSR count). The van der Waals surface area contributed by atoms with Crippen molar-refractivity contribution in [1.82, 2.24) is 4.98 Å². The molecule has 1 aromatic carbocycles. The highest BCUT2D eigenvalue weighted by Gasteiger charge is 2.01. The van der Waals surface area contributed by atoms with Crippen molar-refractivity contribution in [3.05, 3.63) is 54.1 Å². The van der Waals surface area contributed by atoms with Gasteiger partial charge in [-0.3, -0.25) is 0 Å². The van der Waals surface area contributed by atoms with Gasteiger partial charge in [-0.05, 0) is 36.4 Å². The second-order valence-electron chi connectivity index (χ2n) is 4.01. The van der Waals surface area contributed by atoms with Crippen LogP contribution in [0.25, 0.3) is 10.9 Å². The summed E-state index contributed by atoms with van der Waals surface area (Å²) in [6, 6.07) is 13.6. The van der Waals surface area contributed by atoms with Gasteiger partial charge in [0.2, 0.25) is 5.76 Å². The second-order valence-corrected chi connectivity index (χ2v) is 4.01. The fourth-order valence-corrected chi connectivity index (χ4v) is 1.89. The third kappa shape index (κ3) is 1.94. The van der Waals surface area contributed by atoms with Gasteiger partial charge in [0.15, 0.2) is 0 Å². The van der Waals surface area contributed by atoms with Crippen LogP contribution in [0.4, 0.5) is 5.69 Å². The number of hydrogen-bond acceptors (Lipinski definition) is 3. The molecule has 4 heteroatoms. The van der Waals surface area contributed by atoms with Crippen LogP contribution in [-0.4, -0.2) is 4.98 Å². The van der Waals surface area contributed by atoms with Crippen molar-refractivity contribution >= 4 is 16.6 Å². The van der Waals surface area contributed by atoms with Crippen LogP contribution in [0, 0.1) is 11.3 Å². The monoisotopic (exact) mass is 237 g/mol. The molecular formula is C14H11N3O. The fourth-order valence-electron chi connectivity index (χ4n) is 1.89. The predicted octanol–water partition coefficient (Wildman–Crippen LogP) is 3.24. The van der Waals surface area contributed by atoms with E-state index in [1.165, 1.54) is 0 Å². The molecule has 0 saturated carbocycles. The molecule has 0 atom stereocenters. The van der Waals surface area contributed by atoms with Gasteiger partial charge in [-0.25, -0.2) is 0 Å². The third-order valence-corrected chi connectivity index (χ3v) is 2.79. The number of fused-ring (bicyclic) bond motifs is 1. The molecule has 88 valence electrons. The highest BCUT2D eigenvalue weighted by Crippen LogP contribution is 2.18. The van der Waals surface area contributed by atoms with Gasteiger partial charge in [0, 0.05) is 22.8 Å². The smallest absolute Gasteiger partial charge is 0.203 e. The number of nitrogens with one attached hydrogen (secondary N) is 2. The Labute approximate surface area is 104 Å². The highest BCUT2D eigenvalue weighted by molar-refractivity contribution is 5.82. The number of nitrogens with zero attached hydrogens (tertiary/aromatic N) is 1. The van der Waals surface area contributed by atoms with E-state index >= 15 is 0 Å². The van der Waals surface area contributed by atoms with Gasteiger partial charge in [0.25, 0.3) is 0 Å². The van der Waals surface area contributed by atoms with E-state index in [-0.39, 0.29) is 0 Å². The Morgan fingerprint density at radius 1 is 1.22 bits per heavy atom. The minimum absolute atomic E-state index is 0.341. The molecule has 0 unspecified atom stereocenters. The molecule has 0 aliphatic rings.